The summed E-state index contributed by atoms with van der Waals surface area (Å²) < 4.78 is 4.99. The van der Waals surface area contributed by atoms with Gasteiger partial charge in [-0.25, -0.2) is 0 Å². The molecule has 8 aromatic carbocycles. The summed E-state index contributed by atoms with van der Waals surface area (Å²) in [4.78, 5) is 0. The molecule has 0 radical (unpaired) electrons. The van der Waals surface area contributed by atoms with Crippen molar-refractivity contribution in [2.24, 2.45) is 11.8 Å². The fourth-order valence-corrected chi connectivity index (χ4v) is 14.5. The Morgan fingerprint density at radius 2 is 0.815 bits per heavy atom. The number of aryl methyl sites for hydroxylation is 4. The lowest BCUT2D eigenvalue weighted by Gasteiger charge is -2.63. The van der Waals surface area contributed by atoms with Crippen molar-refractivity contribution in [3.63, 3.8) is 0 Å². The predicted molar refractivity (Wildman–Crippen MR) is 276 cm³/mol. The molecule has 2 heterocycles. The summed E-state index contributed by atoms with van der Waals surface area (Å²) in [6.45, 7) is 9.33. The molecule has 0 saturated heterocycles. The van der Waals surface area contributed by atoms with Gasteiger partial charge in [0.25, 0.3) is 0 Å². The Morgan fingerprint density at radius 1 is 0.400 bits per heavy atom. The number of nitrogens with zero attached hydrogens (tertiary/aromatic N) is 2. The summed E-state index contributed by atoms with van der Waals surface area (Å²) in [5.41, 5.74) is 20.7. The molecule has 0 spiro atoms. The van der Waals surface area contributed by atoms with E-state index in [1.165, 1.54) is 132 Å². The Hall–Kier alpha value is -6.58. The van der Waals surface area contributed by atoms with Crippen LogP contribution in [-0.2, 0) is 10.8 Å². The first-order valence-electron chi connectivity index (χ1n) is 24.1. The van der Waals surface area contributed by atoms with E-state index in [2.05, 4.69) is 213 Å². The number of hydrogen-bond donors (Lipinski definition) is 0. The smallest absolute Gasteiger partial charge is 0.242 e. The SMILES string of the molecule is Cc1cccc(C)c1B(c1ccc2c(c1)c1cc(C34CC5CC(CC(c6ccc7c(c6)c6ccccc6n7-c6ccccc6)(C5)C3)C4)ccc1n2-c1ccccc1)c1c(C)cccc1C. The van der Waals surface area contributed by atoms with Crippen LogP contribution in [-0.4, -0.2) is 15.8 Å². The van der Waals surface area contributed by atoms with E-state index in [4.69, 9.17) is 0 Å². The fraction of sp³-hybridized carbons (Fsp3) is 0.226. The van der Waals surface area contributed by atoms with E-state index in [9.17, 15) is 0 Å². The highest BCUT2D eigenvalue weighted by atomic mass is 15.0. The number of aromatic nitrogens is 2. The predicted octanol–water partition coefficient (Wildman–Crippen LogP) is 13.4. The molecule has 4 aliphatic carbocycles. The average Bonchev–Trinajstić information content (AvgIpc) is 3.83. The topological polar surface area (TPSA) is 9.86 Å². The Balaban J connectivity index is 0.984. The second-order valence-electron chi connectivity index (χ2n) is 20.7. The minimum absolute atomic E-state index is 0.127. The molecule has 4 saturated carbocycles. The summed E-state index contributed by atoms with van der Waals surface area (Å²) in [7, 11) is 0. The van der Waals surface area contributed by atoms with Crippen LogP contribution < -0.4 is 16.4 Å². The van der Waals surface area contributed by atoms with Crippen LogP contribution in [0.1, 0.15) is 71.9 Å². The molecule has 2 unspecified atom stereocenters. The molecule has 2 nitrogen and oxygen atoms in total. The molecule has 2 atom stereocenters. The van der Waals surface area contributed by atoms with Crippen molar-refractivity contribution >= 4 is 66.7 Å². The van der Waals surface area contributed by atoms with Gasteiger partial charge in [0.1, 0.15) is 0 Å². The summed E-state index contributed by atoms with van der Waals surface area (Å²) in [5, 5.41) is 5.47. The summed E-state index contributed by atoms with van der Waals surface area (Å²) in [6.07, 6.45) is 7.84. The first kappa shape index (κ1) is 38.8. The number of benzene rings is 8. The highest BCUT2D eigenvalue weighted by molar-refractivity contribution is 6.96. The lowest BCUT2D eigenvalue weighted by Crippen LogP contribution is -2.55. The van der Waals surface area contributed by atoms with Gasteiger partial charge >= 0.3 is 0 Å². The van der Waals surface area contributed by atoms with Gasteiger partial charge in [-0.05, 0) is 161 Å². The van der Waals surface area contributed by atoms with Crippen molar-refractivity contribution in [3.05, 3.63) is 209 Å². The Kier molecular flexibility index (Phi) is 8.64. The van der Waals surface area contributed by atoms with Crippen LogP contribution in [0.15, 0.2) is 176 Å². The van der Waals surface area contributed by atoms with Gasteiger partial charge in [-0.15, -0.1) is 0 Å². The monoisotopic (exact) mass is 838 g/mol. The van der Waals surface area contributed by atoms with Gasteiger partial charge in [0.05, 0.1) is 22.1 Å². The molecule has 316 valence electrons. The highest BCUT2D eigenvalue weighted by Crippen LogP contribution is 2.66. The average molecular weight is 839 g/mol. The maximum absolute atomic E-state index is 2.67. The Labute approximate surface area is 383 Å². The molecular formula is C62H55BN2. The van der Waals surface area contributed by atoms with Crippen LogP contribution >= 0.6 is 0 Å². The van der Waals surface area contributed by atoms with E-state index in [-0.39, 0.29) is 17.5 Å². The van der Waals surface area contributed by atoms with Crippen LogP contribution in [0.25, 0.3) is 55.0 Å². The van der Waals surface area contributed by atoms with E-state index >= 15 is 0 Å². The first-order valence-corrected chi connectivity index (χ1v) is 24.1. The summed E-state index contributed by atoms with van der Waals surface area (Å²) in [5.74, 6) is 1.50. The minimum Gasteiger partial charge on any atom is -0.309 e. The van der Waals surface area contributed by atoms with Crippen molar-refractivity contribution in [2.45, 2.75) is 77.0 Å². The second kappa shape index (κ2) is 14.5. The van der Waals surface area contributed by atoms with Crippen LogP contribution in [0.2, 0.25) is 0 Å². The van der Waals surface area contributed by atoms with Crippen molar-refractivity contribution in [3.8, 4) is 11.4 Å². The maximum Gasteiger partial charge on any atom is 0.242 e. The molecule has 2 aromatic heterocycles. The quantitative estimate of drug-likeness (QED) is 0.142. The van der Waals surface area contributed by atoms with Crippen molar-refractivity contribution < 1.29 is 0 Å². The number of fused-ring (bicyclic) bond motifs is 6. The molecular weight excluding hydrogens is 784 g/mol. The summed E-state index contributed by atoms with van der Waals surface area (Å²) in [6, 6.07) is 67.4. The normalized spacial score (nSPS) is 21.3. The summed E-state index contributed by atoms with van der Waals surface area (Å²) >= 11 is 0. The molecule has 0 aliphatic heterocycles. The molecule has 0 amide bonds. The molecule has 10 aromatic rings. The molecule has 65 heavy (non-hydrogen) atoms. The van der Waals surface area contributed by atoms with Gasteiger partial charge in [0.15, 0.2) is 0 Å². The zero-order valence-electron chi connectivity index (χ0n) is 38.1. The lowest BCUT2D eigenvalue weighted by atomic mass is 9.34. The Morgan fingerprint density at radius 3 is 1.32 bits per heavy atom. The van der Waals surface area contributed by atoms with E-state index < -0.39 is 0 Å². The van der Waals surface area contributed by atoms with Gasteiger partial charge in [-0.1, -0.05) is 154 Å². The molecule has 0 N–H and O–H groups in total. The zero-order chi connectivity index (χ0) is 43.6. The maximum atomic E-state index is 2.67. The van der Waals surface area contributed by atoms with Crippen LogP contribution in [0, 0.1) is 39.5 Å². The second-order valence-corrected chi connectivity index (χ2v) is 20.7. The number of rotatable bonds is 7. The third kappa shape index (κ3) is 5.87. The molecule has 4 fully saturated rings. The van der Waals surface area contributed by atoms with Gasteiger partial charge in [-0.3, -0.25) is 0 Å². The van der Waals surface area contributed by atoms with Crippen LogP contribution in [0.5, 0.6) is 0 Å². The third-order valence-electron chi connectivity index (χ3n) is 16.8. The lowest BCUT2D eigenvalue weighted by molar-refractivity contribution is -0.0280. The van der Waals surface area contributed by atoms with E-state index in [0.717, 1.165) is 11.8 Å². The van der Waals surface area contributed by atoms with Gasteiger partial charge in [0, 0.05) is 32.9 Å². The van der Waals surface area contributed by atoms with Crippen LogP contribution in [0.3, 0.4) is 0 Å². The fourth-order valence-electron chi connectivity index (χ4n) is 14.5. The van der Waals surface area contributed by atoms with E-state index in [1.807, 2.05) is 0 Å². The van der Waals surface area contributed by atoms with Crippen molar-refractivity contribution in [1.82, 2.24) is 9.13 Å². The number of para-hydroxylation sites is 3. The number of hydrogen-bond acceptors (Lipinski definition) is 0. The molecule has 4 bridgehead atoms. The standard InChI is InChI=1S/C62H55BN2/c1-40-15-13-16-41(2)59(40)63(60-42(3)17-14-18-43(60)4)48-27-30-58-54(34-48)53-33-47(26-29-57(53)65(58)50-21-9-6-10-22-50)62-37-44-31-45(38-62)36-61(35-44,39-62)46-25-28-56-52(32-46)51-23-11-12-24-55(51)64(56)49-19-7-5-8-20-49/h5-30,32-34,44-45H,31,35-39H2,1-4H3. The van der Waals surface area contributed by atoms with Gasteiger partial charge in [0.2, 0.25) is 6.71 Å². The largest absolute Gasteiger partial charge is 0.309 e. The molecule has 3 heteroatoms. The first-order chi connectivity index (χ1) is 31.8. The van der Waals surface area contributed by atoms with Crippen molar-refractivity contribution in [2.75, 3.05) is 0 Å². The zero-order valence-corrected chi connectivity index (χ0v) is 38.1. The third-order valence-corrected chi connectivity index (χ3v) is 16.8. The van der Waals surface area contributed by atoms with E-state index in [0.29, 0.717) is 0 Å². The Bertz CT molecular complexity index is 3410. The molecule has 14 rings (SSSR count). The molecule has 4 aliphatic rings. The van der Waals surface area contributed by atoms with E-state index in [1.54, 1.807) is 11.1 Å². The minimum atomic E-state index is 0.127. The van der Waals surface area contributed by atoms with Gasteiger partial charge in [-0.2, -0.15) is 0 Å². The van der Waals surface area contributed by atoms with Crippen LogP contribution in [0.4, 0.5) is 0 Å². The van der Waals surface area contributed by atoms with Gasteiger partial charge < -0.3 is 9.13 Å². The highest BCUT2D eigenvalue weighted by Gasteiger charge is 2.58. The van der Waals surface area contributed by atoms with Crippen molar-refractivity contribution in [1.29, 1.82) is 0 Å².